The Hall–Kier alpha value is -2.27. The molecule has 0 bridgehead atoms. The molecule has 0 saturated carbocycles. The maximum atomic E-state index is 12.9. The molecule has 24 heavy (non-hydrogen) atoms. The molecule has 0 spiro atoms. The highest BCUT2D eigenvalue weighted by Gasteiger charge is 2.25. The molecule has 1 aliphatic rings. The number of aromatic nitrogens is 1. The fraction of sp³-hybridized carbons (Fsp3) is 0.211. The van der Waals surface area contributed by atoms with Crippen molar-refractivity contribution < 1.29 is 9.53 Å². The first kappa shape index (κ1) is 15.3. The summed E-state index contributed by atoms with van der Waals surface area (Å²) < 4.78 is 6.18. The van der Waals surface area contributed by atoms with Crippen LogP contribution in [0.2, 0.25) is 0 Å². The van der Waals surface area contributed by atoms with E-state index in [0.29, 0.717) is 12.1 Å². The summed E-state index contributed by atoms with van der Waals surface area (Å²) in [5.74, 6) is 0.893. The molecule has 1 amide bonds. The van der Waals surface area contributed by atoms with Gasteiger partial charge in [-0.15, -0.1) is 0 Å². The first-order chi connectivity index (χ1) is 11.7. The van der Waals surface area contributed by atoms with Gasteiger partial charge in [-0.2, -0.15) is 0 Å². The number of aromatic amines is 1. The van der Waals surface area contributed by atoms with Crippen molar-refractivity contribution in [3.05, 3.63) is 63.8 Å². The zero-order valence-electron chi connectivity index (χ0n) is 13.3. The molecular formula is C19H17BrN2O2. The second-order valence-electron chi connectivity index (χ2n) is 5.95. The fourth-order valence-corrected chi connectivity index (χ4v) is 3.75. The van der Waals surface area contributed by atoms with Gasteiger partial charge in [-0.1, -0.05) is 12.1 Å². The molecule has 4 nitrogen and oxygen atoms in total. The lowest BCUT2D eigenvalue weighted by atomic mass is 10.0. The van der Waals surface area contributed by atoms with Gasteiger partial charge >= 0.3 is 0 Å². The largest absolute Gasteiger partial charge is 0.497 e. The summed E-state index contributed by atoms with van der Waals surface area (Å²) in [5.41, 5.74) is 4.21. The number of hydrogen-bond donors (Lipinski definition) is 1. The highest BCUT2D eigenvalue weighted by atomic mass is 79.9. The lowest BCUT2D eigenvalue weighted by molar-refractivity contribution is 0.0734. The van der Waals surface area contributed by atoms with Crippen LogP contribution in [-0.4, -0.2) is 29.4 Å². The number of benzene rings is 2. The van der Waals surface area contributed by atoms with E-state index in [0.717, 1.165) is 34.1 Å². The number of carbonyl (C=O) groups excluding carboxylic acids is 1. The van der Waals surface area contributed by atoms with E-state index in [1.165, 1.54) is 11.3 Å². The van der Waals surface area contributed by atoms with Crippen LogP contribution in [0.3, 0.4) is 0 Å². The number of H-pyrrole nitrogens is 1. The van der Waals surface area contributed by atoms with Crippen molar-refractivity contribution in [1.82, 2.24) is 9.88 Å². The molecular weight excluding hydrogens is 368 g/mol. The smallest absolute Gasteiger partial charge is 0.255 e. The molecule has 0 atom stereocenters. The molecule has 1 aliphatic heterocycles. The molecule has 5 heteroatoms. The van der Waals surface area contributed by atoms with Gasteiger partial charge in [-0.3, -0.25) is 4.79 Å². The maximum absolute atomic E-state index is 12.9. The van der Waals surface area contributed by atoms with Crippen molar-refractivity contribution in [2.75, 3.05) is 13.7 Å². The summed E-state index contributed by atoms with van der Waals surface area (Å²) in [6.45, 7) is 1.33. The number of nitrogens with one attached hydrogen (secondary N) is 1. The quantitative estimate of drug-likeness (QED) is 0.721. The summed E-state index contributed by atoms with van der Waals surface area (Å²) in [6, 6.07) is 13.6. The van der Waals surface area contributed by atoms with Gasteiger partial charge in [-0.25, -0.2) is 0 Å². The molecule has 1 aromatic heterocycles. The summed E-state index contributed by atoms with van der Waals surface area (Å²) >= 11 is 3.48. The Bertz CT molecular complexity index is 932. The third-order valence-corrected chi connectivity index (χ3v) is 5.27. The molecule has 0 fully saturated rings. The second kappa shape index (κ2) is 5.98. The normalized spacial score (nSPS) is 13.8. The van der Waals surface area contributed by atoms with Crippen molar-refractivity contribution in [1.29, 1.82) is 0 Å². The molecule has 0 unspecified atom stereocenters. The highest BCUT2D eigenvalue weighted by molar-refractivity contribution is 9.10. The van der Waals surface area contributed by atoms with E-state index < -0.39 is 0 Å². The number of ether oxygens (including phenoxy) is 1. The molecule has 4 rings (SSSR count). The van der Waals surface area contributed by atoms with Crippen molar-refractivity contribution in [3.63, 3.8) is 0 Å². The van der Waals surface area contributed by atoms with Crippen LogP contribution < -0.4 is 4.74 Å². The van der Waals surface area contributed by atoms with Gasteiger partial charge in [0.25, 0.3) is 5.91 Å². The zero-order valence-corrected chi connectivity index (χ0v) is 14.9. The van der Waals surface area contributed by atoms with Crippen LogP contribution in [0.1, 0.15) is 21.6 Å². The Labute approximate surface area is 148 Å². The van der Waals surface area contributed by atoms with Gasteiger partial charge in [-0.05, 0) is 46.3 Å². The minimum Gasteiger partial charge on any atom is -0.497 e. The summed E-state index contributed by atoms with van der Waals surface area (Å²) in [5, 5.41) is 1.13. The fourth-order valence-electron chi connectivity index (χ4n) is 3.30. The Balaban J connectivity index is 1.70. The van der Waals surface area contributed by atoms with E-state index in [1.807, 2.05) is 47.4 Å². The predicted octanol–water partition coefficient (Wildman–Crippen LogP) is 4.14. The average molecular weight is 385 g/mol. The number of rotatable bonds is 2. The molecule has 3 aromatic rings. The Morgan fingerprint density at radius 1 is 1.25 bits per heavy atom. The first-order valence-electron chi connectivity index (χ1n) is 7.88. The van der Waals surface area contributed by atoms with E-state index >= 15 is 0 Å². The SMILES string of the molecule is COc1ccc2[nH]c3c(c2c1)CN(C(=O)c1ccccc1Br)CC3. The van der Waals surface area contributed by atoms with E-state index in [1.54, 1.807) is 7.11 Å². The van der Waals surface area contributed by atoms with Crippen molar-refractivity contribution >= 4 is 32.7 Å². The van der Waals surface area contributed by atoms with Gasteiger partial charge in [0.15, 0.2) is 0 Å². The van der Waals surface area contributed by atoms with Crippen LogP contribution in [0.4, 0.5) is 0 Å². The van der Waals surface area contributed by atoms with E-state index in [-0.39, 0.29) is 5.91 Å². The molecule has 2 aromatic carbocycles. The minimum absolute atomic E-state index is 0.0605. The van der Waals surface area contributed by atoms with Crippen LogP contribution in [-0.2, 0) is 13.0 Å². The van der Waals surface area contributed by atoms with Crippen LogP contribution in [0.15, 0.2) is 46.9 Å². The van der Waals surface area contributed by atoms with Gasteiger partial charge in [0, 0.05) is 46.1 Å². The number of methoxy groups -OCH3 is 1. The third kappa shape index (κ3) is 2.49. The number of hydrogen-bond acceptors (Lipinski definition) is 2. The monoisotopic (exact) mass is 384 g/mol. The van der Waals surface area contributed by atoms with Crippen molar-refractivity contribution in [3.8, 4) is 5.75 Å². The topological polar surface area (TPSA) is 45.3 Å². The number of carbonyl (C=O) groups is 1. The number of amides is 1. The first-order valence-corrected chi connectivity index (χ1v) is 8.68. The lowest BCUT2D eigenvalue weighted by Gasteiger charge is -2.27. The second-order valence-corrected chi connectivity index (χ2v) is 6.80. The lowest BCUT2D eigenvalue weighted by Crippen LogP contribution is -2.35. The zero-order chi connectivity index (χ0) is 16.7. The number of fused-ring (bicyclic) bond motifs is 3. The molecule has 1 N–H and O–H groups in total. The van der Waals surface area contributed by atoms with Gasteiger partial charge in [0.2, 0.25) is 0 Å². The summed E-state index contributed by atoms with van der Waals surface area (Å²) in [6.07, 6.45) is 0.836. The molecule has 122 valence electrons. The van der Waals surface area contributed by atoms with Gasteiger partial charge in [0.05, 0.1) is 12.7 Å². The van der Waals surface area contributed by atoms with Crippen LogP contribution in [0.25, 0.3) is 10.9 Å². The molecule has 0 saturated heterocycles. The van der Waals surface area contributed by atoms with Gasteiger partial charge in [0.1, 0.15) is 5.75 Å². The molecule has 0 aliphatic carbocycles. The Morgan fingerprint density at radius 3 is 2.88 bits per heavy atom. The molecule has 0 radical (unpaired) electrons. The van der Waals surface area contributed by atoms with Crippen molar-refractivity contribution in [2.45, 2.75) is 13.0 Å². The Kier molecular flexibility index (Phi) is 3.81. The highest BCUT2D eigenvalue weighted by Crippen LogP contribution is 2.31. The van der Waals surface area contributed by atoms with E-state index in [9.17, 15) is 4.79 Å². The third-order valence-electron chi connectivity index (χ3n) is 4.57. The van der Waals surface area contributed by atoms with Crippen molar-refractivity contribution in [2.24, 2.45) is 0 Å². The average Bonchev–Trinajstić information content (AvgIpc) is 2.98. The van der Waals surface area contributed by atoms with E-state index in [2.05, 4.69) is 20.9 Å². The van der Waals surface area contributed by atoms with Crippen LogP contribution >= 0.6 is 15.9 Å². The Morgan fingerprint density at radius 2 is 2.08 bits per heavy atom. The van der Waals surface area contributed by atoms with Gasteiger partial charge < -0.3 is 14.6 Å². The van der Waals surface area contributed by atoms with E-state index in [4.69, 9.17) is 4.74 Å². The molecule has 2 heterocycles. The van der Waals surface area contributed by atoms with Crippen LogP contribution in [0.5, 0.6) is 5.75 Å². The number of nitrogens with zero attached hydrogens (tertiary/aromatic N) is 1. The standard InChI is InChI=1S/C19H17BrN2O2/c1-24-12-6-7-17-14(10-12)15-11-22(9-8-18(15)21-17)19(23)13-4-2-3-5-16(13)20/h2-7,10,21H,8-9,11H2,1H3. The maximum Gasteiger partial charge on any atom is 0.255 e. The number of halogens is 1. The summed E-state index contributed by atoms with van der Waals surface area (Å²) in [4.78, 5) is 18.3. The summed E-state index contributed by atoms with van der Waals surface area (Å²) in [7, 11) is 1.67. The predicted molar refractivity (Wildman–Crippen MR) is 97.4 cm³/mol. The minimum atomic E-state index is 0.0605. The van der Waals surface area contributed by atoms with Crippen LogP contribution in [0, 0.1) is 0 Å².